The zero-order chi connectivity index (χ0) is 19.0. The van der Waals surface area contributed by atoms with Crippen molar-refractivity contribution >= 4 is 37.8 Å². The molecule has 1 aliphatic carbocycles. The summed E-state index contributed by atoms with van der Waals surface area (Å²) in [5, 5.41) is 19.0. The van der Waals surface area contributed by atoms with Crippen molar-refractivity contribution in [3.63, 3.8) is 0 Å². The Labute approximate surface area is 163 Å². The van der Waals surface area contributed by atoms with E-state index in [1.807, 2.05) is 19.9 Å². The van der Waals surface area contributed by atoms with Crippen LogP contribution in [0.3, 0.4) is 0 Å². The van der Waals surface area contributed by atoms with E-state index in [0.29, 0.717) is 3.39 Å². The van der Waals surface area contributed by atoms with Crippen molar-refractivity contribution in [1.82, 2.24) is 4.57 Å². The van der Waals surface area contributed by atoms with Crippen molar-refractivity contribution < 1.29 is 9.53 Å². The van der Waals surface area contributed by atoms with Crippen LogP contribution in [0.4, 0.5) is 0 Å². The molecule has 1 aromatic rings. The Balaban J connectivity index is 2.40. The van der Waals surface area contributed by atoms with E-state index in [0.717, 1.165) is 0 Å². The number of nitriles is 2. The maximum atomic E-state index is 12.9. The molecule has 1 aromatic heterocycles. The molecule has 1 fully saturated rings. The number of ether oxygens (including phenoxy) is 1. The van der Waals surface area contributed by atoms with Gasteiger partial charge in [-0.05, 0) is 44.9 Å². The van der Waals surface area contributed by atoms with E-state index in [9.17, 15) is 15.3 Å². The van der Waals surface area contributed by atoms with Gasteiger partial charge in [0.05, 0.1) is 26.8 Å². The second kappa shape index (κ2) is 6.37. The minimum Gasteiger partial charge on any atom is -0.423 e. The molecule has 0 aliphatic heterocycles. The Bertz CT molecular complexity index is 891. The first-order valence-electron chi connectivity index (χ1n) is 7.32. The van der Waals surface area contributed by atoms with Crippen LogP contribution in [0.5, 0.6) is 5.75 Å². The molecule has 2 rings (SSSR count). The van der Waals surface area contributed by atoms with Gasteiger partial charge < -0.3 is 9.30 Å². The Morgan fingerprint density at radius 2 is 2.00 bits per heavy atom. The number of nitrogens with zero attached hydrogens (tertiary/aromatic N) is 3. The first-order valence-corrected chi connectivity index (χ1v) is 8.90. The predicted octanol–water partition coefficient (Wildman–Crippen LogP) is 4.09. The number of carbonyl (C=O) groups excluding carboxylic acids is 1. The number of hydrogen-bond acceptors (Lipinski definition) is 4. The molecule has 0 spiro atoms. The molecule has 0 bridgehead atoms. The van der Waals surface area contributed by atoms with Gasteiger partial charge in [0, 0.05) is 17.8 Å². The molecule has 25 heavy (non-hydrogen) atoms. The van der Waals surface area contributed by atoms with E-state index < -0.39 is 22.2 Å². The van der Waals surface area contributed by atoms with E-state index in [1.54, 1.807) is 17.6 Å². The number of aromatic nitrogens is 1. The van der Waals surface area contributed by atoms with Gasteiger partial charge in [-0.2, -0.15) is 10.5 Å². The van der Waals surface area contributed by atoms with Gasteiger partial charge >= 0.3 is 5.97 Å². The van der Waals surface area contributed by atoms with Crippen molar-refractivity contribution in [2.45, 2.75) is 27.3 Å². The van der Waals surface area contributed by atoms with Gasteiger partial charge in [-0.3, -0.25) is 4.79 Å². The SMILES string of the molecule is C#CCn1cc(C#N)c(OC(=O)[C@@]2(C)C(C)(C)[C@@]2(C#N)C=C(Br)Br)c1. The normalized spacial score (nSPS) is 25.8. The molecule has 128 valence electrons. The Morgan fingerprint density at radius 3 is 2.48 bits per heavy atom. The summed E-state index contributed by atoms with van der Waals surface area (Å²) in [6.45, 7) is 5.64. The van der Waals surface area contributed by atoms with Crippen LogP contribution in [0.1, 0.15) is 26.3 Å². The molecule has 0 aromatic carbocycles. The van der Waals surface area contributed by atoms with E-state index in [2.05, 4.69) is 43.8 Å². The number of esters is 1. The average molecular weight is 465 g/mol. The molecule has 7 heteroatoms. The average Bonchev–Trinajstić information content (AvgIpc) is 2.81. The topological polar surface area (TPSA) is 78.8 Å². The highest BCUT2D eigenvalue weighted by molar-refractivity contribution is 9.28. The second-order valence-corrected chi connectivity index (χ2v) is 9.29. The summed E-state index contributed by atoms with van der Waals surface area (Å²) in [4.78, 5) is 12.9. The van der Waals surface area contributed by atoms with Gasteiger partial charge in [0.15, 0.2) is 5.75 Å². The number of halogens is 2. The highest BCUT2D eigenvalue weighted by Gasteiger charge is 2.84. The molecule has 0 saturated heterocycles. The van der Waals surface area contributed by atoms with E-state index in [1.165, 1.54) is 12.4 Å². The molecule has 0 unspecified atom stereocenters. The molecule has 0 amide bonds. The summed E-state index contributed by atoms with van der Waals surface area (Å²) in [5.41, 5.74) is -2.53. The third-order valence-electron chi connectivity index (χ3n) is 5.31. The smallest absolute Gasteiger partial charge is 0.319 e. The summed E-state index contributed by atoms with van der Waals surface area (Å²) < 4.78 is 7.68. The van der Waals surface area contributed by atoms with Crippen molar-refractivity contribution in [1.29, 1.82) is 10.5 Å². The quantitative estimate of drug-likeness (QED) is 0.496. The molecule has 5 nitrogen and oxygen atoms in total. The summed E-state index contributed by atoms with van der Waals surface area (Å²) in [6.07, 6.45) is 9.97. The molecule has 1 aliphatic rings. The van der Waals surface area contributed by atoms with Crippen LogP contribution in [-0.4, -0.2) is 10.5 Å². The van der Waals surface area contributed by atoms with E-state index in [4.69, 9.17) is 11.2 Å². The molecular weight excluding hydrogens is 450 g/mol. The fourth-order valence-corrected chi connectivity index (χ4v) is 4.06. The van der Waals surface area contributed by atoms with Crippen LogP contribution in [0.25, 0.3) is 0 Å². The Morgan fingerprint density at radius 1 is 1.36 bits per heavy atom. The van der Waals surface area contributed by atoms with Crippen LogP contribution in [-0.2, 0) is 11.3 Å². The van der Waals surface area contributed by atoms with Gasteiger partial charge in [0.2, 0.25) is 0 Å². The van der Waals surface area contributed by atoms with Crippen LogP contribution >= 0.6 is 31.9 Å². The maximum absolute atomic E-state index is 12.9. The lowest BCUT2D eigenvalue weighted by molar-refractivity contribution is -0.141. The van der Waals surface area contributed by atoms with E-state index in [-0.39, 0.29) is 17.9 Å². The summed E-state index contributed by atoms with van der Waals surface area (Å²) in [5.74, 6) is 2.03. The lowest BCUT2D eigenvalue weighted by Crippen LogP contribution is -2.26. The van der Waals surface area contributed by atoms with Crippen LogP contribution < -0.4 is 4.74 Å². The van der Waals surface area contributed by atoms with Crippen LogP contribution in [0, 0.1) is 51.3 Å². The zero-order valence-corrected chi connectivity index (χ0v) is 17.1. The maximum Gasteiger partial charge on any atom is 0.319 e. The summed E-state index contributed by atoms with van der Waals surface area (Å²) in [6, 6.07) is 4.23. The molecular formula is C18H15Br2N3O2. The molecule has 2 atom stereocenters. The zero-order valence-electron chi connectivity index (χ0n) is 13.9. The first kappa shape index (κ1) is 19.3. The number of hydrogen-bond donors (Lipinski definition) is 0. The summed E-state index contributed by atoms with van der Waals surface area (Å²) in [7, 11) is 0. The Kier molecular flexibility index (Phi) is 4.92. The highest BCUT2D eigenvalue weighted by atomic mass is 79.9. The first-order chi connectivity index (χ1) is 11.6. The van der Waals surface area contributed by atoms with Gasteiger partial charge in [0.25, 0.3) is 0 Å². The number of terminal acetylenes is 1. The van der Waals surface area contributed by atoms with Gasteiger partial charge in [-0.1, -0.05) is 19.8 Å². The number of carbonyl (C=O) groups is 1. The fraction of sp³-hybridized carbons (Fsp3) is 0.389. The minimum atomic E-state index is -1.07. The van der Waals surface area contributed by atoms with Crippen LogP contribution in [0.15, 0.2) is 21.9 Å². The van der Waals surface area contributed by atoms with Gasteiger partial charge in [-0.15, -0.1) is 6.42 Å². The lowest BCUT2D eigenvalue weighted by Gasteiger charge is -2.13. The largest absolute Gasteiger partial charge is 0.423 e. The van der Waals surface area contributed by atoms with Gasteiger partial charge in [0.1, 0.15) is 11.6 Å². The fourth-order valence-electron chi connectivity index (χ4n) is 3.37. The third-order valence-corrected chi connectivity index (χ3v) is 5.77. The summed E-state index contributed by atoms with van der Waals surface area (Å²) >= 11 is 6.53. The van der Waals surface area contributed by atoms with Crippen molar-refractivity contribution in [3.05, 3.63) is 27.4 Å². The molecule has 0 N–H and O–H groups in total. The number of rotatable bonds is 4. The monoisotopic (exact) mass is 463 g/mol. The van der Waals surface area contributed by atoms with Gasteiger partial charge in [-0.25, -0.2) is 0 Å². The molecule has 1 saturated carbocycles. The predicted molar refractivity (Wildman–Crippen MR) is 99.5 cm³/mol. The molecule has 1 heterocycles. The van der Waals surface area contributed by atoms with E-state index >= 15 is 0 Å². The minimum absolute atomic E-state index is 0.139. The lowest BCUT2D eigenvalue weighted by atomic mass is 9.96. The Hall–Kier alpha value is -2.01. The van der Waals surface area contributed by atoms with Crippen LogP contribution in [0.2, 0.25) is 0 Å². The van der Waals surface area contributed by atoms with Crippen molar-refractivity contribution in [2.75, 3.05) is 0 Å². The standard InChI is InChI=1S/C18H15Br2N3O2/c1-5-6-23-9-12(8-21)13(10-23)25-15(24)17(4)16(2,3)18(17,11-22)7-14(19)20/h1,7,9-10H,6H2,2-4H3/t17-,18-/m0/s1. The number of allylic oxidation sites excluding steroid dienone is 1. The van der Waals surface area contributed by atoms with Crippen molar-refractivity contribution in [3.8, 4) is 30.2 Å². The highest BCUT2D eigenvalue weighted by Crippen LogP contribution is 2.79. The molecule has 0 radical (unpaired) electrons. The second-order valence-electron chi connectivity index (χ2n) is 6.52. The van der Waals surface area contributed by atoms with Crippen molar-refractivity contribution in [2.24, 2.45) is 16.2 Å². The third kappa shape index (κ3) is 2.61.